The van der Waals surface area contributed by atoms with Crippen molar-refractivity contribution in [3.8, 4) is 11.5 Å². The van der Waals surface area contributed by atoms with Crippen molar-refractivity contribution in [3.05, 3.63) is 53.1 Å². The van der Waals surface area contributed by atoms with E-state index in [1.165, 1.54) is 0 Å². The lowest BCUT2D eigenvalue weighted by molar-refractivity contribution is -0.117. The molecule has 0 aromatic heterocycles. The first-order valence-corrected chi connectivity index (χ1v) is 10.3. The van der Waals surface area contributed by atoms with Crippen LogP contribution in [0.5, 0.6) is 11.5 Å². The van der Waals surface area contributed by atoms with Crippen molar-refractivity contribution in [1.29, 1.82) is 0 Å². The van der Waals surface area contributed by atoms with E-state index in [-0.39, 0.29) is 17.8 Å². The van der Waals surface area contributed by atoms with Crippen molar-refractivity contribution in [3.63, 3.8) is 0 Å². The summed E-state index contributed by atoms with van der Waals surface area (Å²) in [5, 5.41) is 0.705. The van der Waals surface area contributed by atoms with Gasteiger partial charge >= 0.3 is 0 Å². The Hall–Kier alpha value is -2.20. The van der Waals surface area contributed by atoms with Crippen molar-refractivity contribution in [2.75, 3.05) is 24.6 Å². The summed E-state index contributed by atoms with van der Waals surface area (Å²) in [4.78, 5) is 13.5. The number of anilines is 1. The first kappa shape index (κ1) is 20.5. The average molecular weight is 402 g/mol. The Morgan fingerprint density at radius 1 is 1.18 bits per heavy atom. The molecular formula is C23H28ClNO3. The third-order valence-electron chi connectivity index (χ3n) is 4.93. The summed E-state index contributed by atoms with van der Waals surface area (Å²) < 4.78 is 11.7. The highest BCUT2D eigenvalue weighted by molar-refractivity contribution is 6.33. The smallest absolute Gasteiger partial charge is 0.133 e. The zero-order valence-electron chi connectivity index (χ0n) is 16.8. The van der Waals surface area contributed by atoms with Crippen LogP contribution in [0.3, 0.4) is 0 Å². The lowest BCUT2D eigenvalue weighted by atomic mass is 9.96. The summed E-state index contributed by atoms with van der Waals surface area (Å²) in [5.74, 6) is 2.11. The topological polar surface area (TPSA) is 38.8 Å². The normalized spacial score (nSPS) is 15.1. The van der Waals surface area contributed by atoms with Gasteiger partial charge in [0.05, 0.1) is 30.4 Å². The van der Waals surface area contributed by atoms with Gasteiger partial charge < -0.3 is 19.2 Å². The monoisotopic (exact) mass is 401 g/mol. The quantitative estimate of drug-likeness (QED) is 0.557. The number of carbonyl (C=O) groups excluding carboxylic acids is 1. The zero-order valence-corrected chi connectivity index (χ0v) is 17.5. The lowest BCUT2D eigenvalue weighted by Crippen LogP contribution is -2.54. The molecule has 0 amide bonds. The van der Waals surface area contributed by atoms with Crippen LogP contribution >= 0.6 is 11.6 Å². The van der Waals surface area contributed by atoms with Crippen LogP contribution in [-0.2, 0) is 4.79 Å². The molecule has 4 nitrogen and oxygen atoms in total. The summed E-state index contributed by atoms with van der Waals surface area (Å²) in [6.45, 7) is 8.09. The molecule has 1 atom stereocenters. The Bertz CT molecular complexity index is 800. The average Bonchev–Trinajstić information content (AvgIpc) is 2.63. The van der Waals surface area contributed by atoms with Gasteiger partial charge in [0.1, 0.15) is 23.4 Å². The van der Waals surface area contributed by atoms with Gasteiger partial charge in [0.15, 0.2) is 0 Å². The maximum atomic E-state index is 11.3. The van der Waals surface area contributed by atoms with Crippen LogP contribution in [0.25, 0.3) is 0 Å². The predicted octanol–water partition coefficient (Wildman–Crippen LogP) is 5.48. The largest absolute Gasteiger partial charge is 0.494 e. The molecule has 0 unspecified atom stereocenters. The molecule has 0 N–H and O–H groups in total. The van der Waals surface area contributed by atoms with E-state index in [9.17, 15) is 4.79 Å². The maximum absolute atomic E-state index is 11.3. The molecular weight excluding hydrogens is 374 g/mol. The minimum atomic E-state index is 0.146. The third kappa shape index (κ3) is 5.20. The van der Waals surface area contributed by atoms with Gasteiger partial charge in [0.25, 0.3) is 0 Å². The molecule has 0 saturated carbocycles. The van der Waals surface area contributed by atoms with Crippen LogP contribution in [0.4, 0.5) is 5.69 Å². The fourth-order valence-electron chi connectivity index (χ4n) is 3.38. The minimum Gasteiger partial charge on any atom is -0.494 e. The van der Waals surface area contributed by atoms with E-state index >= 15 is 0 Å². The molecule has 5 heteroatoms. The molecule has 0 spiro atoms. The molecule has 1 saturated heterocycles. The molecule has 28 heavy (non-hydrogen) atoms. The molecule has 1 fully saturated rings. The Balaban J connectivity index is 1.51. The Morgan fingerprint density at radius 3 is 2.46 bits per heavy atom. The fraction of sp³-hybridized carbons (Fsp3) is 0.435. The predicted molar refractivity (Wildman–Crippen MR) is 114 cm³/mol. The highest BCUT2D eigenvalue weighted by atomic mass is 35.5. The van der Waals surface area contributed by atoms with E-state index in [0.29, 0.717) is 18.1 Å². The second kappa shape index (κ2) is 9.33. The fourth-order valence-corrected chi connectivity index (χ4v) is 3.67. The number of ketones is 1. The molecule has 1 aliphatic heterocycles. The lowest BCUT2D eigenvalue weighted by Gasteiger charge is -2.41. The van der Waals surface area contributed by atoms with Gasteiger partial charge in [-0.05, 0) is 49.1 Å². The number of halogens is 1. The molecule has 2 aromatic rings. The number of ether oxygens (including phenoxy) is 2. The molecule has 0 bridgehead atoms. The van der Waals surface area contributed by atoms with Crippen molar-refractivity contribution < 1.29 is 14.3 Å². The van der Waals surface area contributed by atoms with E-state index in [1.54, 1.807) is 6.92 Å². The second-order valence-electron chi connectivity index (χ2n) is 7.48. The Labute approximate surface area is 172 Å². The summed E-state index contributed by atoms with van der Waals surface area (Å²) >= 11 is 6.42. The van der Waals surface area contributed by atoms with Gasteiger partial charge in [-0.1, -0.05) is 37.6 Å². The number of hydrogen-bond donors (Lipinski definition) is 0. The maximum Gasteiger partial charge on any atom is 0.133 e. The highest BCUT2D eigenvalue weighted by Crippen LogP contribution is 2.33. The van der Waals surface area contributed by atoms with Gasteiger partial charge in [-0.2, -0.15) is 0 Å². The van der Waals surface area contributed by atoms with Crippen LogP contribution in [0.15, 0.2) is 42.5 Å². The van der Waals surface area contributed by atoms with Crippen LogP contribution in [-0.4, -0.2) is 31.6 Å². The molecule has 3 rings (SSSR count). The van der Waals surface area contributed by atoms with Crippen LogP contribution in [0.2, 0.25) is 5.02 Å². The summed E-state index contributed by atoms with van der Waals surface area (Å²) in [5.41, 5.74) is 2.17. The first-order chi connectivity index (χ1) is 13.5. The number of carbonyl (C=O) groups is 1. The molecule has 0 radical (unpaired) electrons. The number of benzene rings is 2. The third-order valence-corrected chi connectivity index (χ3v) is 5.23. The number of hydrogen-bond acceptors (Lipinski definition) is 4. The zero-order chi connectivity index (χ0) is 20.1. The molecule has 2 aromatic carbocycles. The van der Waals surface area contributed by atoms with E-state index in [2.05, 4.69) is 18.7 Å². The minimum absolute atomic E-state index is 0.146. The number of rotatable bonds is 9. The van der Waals surface area contributed by atoms with Gasteiger partial charge in [0, 0.05) is 12.5 Å². The Kier molecular flexibility index (Phi) is 6.84. The first-order valence-electron chi connectivity index (χ1n) is 9.89. The molecule has 150 valence electrons. The summed E-state index contributed by atoms with van der Waals surface area (Å²) in [7, 11) is 0. The van der Waals surface area contributed by atoms with Crippen LogP contribution in [0.1, 0.15) is 45.1 Å². The Morgan fingerprint density at radius 2 is 1.86 bits per heavy atom. The van der Waals surface area contributed by atoms with Gasteiger partial charge in [0.2, 0.25) is 0 Å². The SMILES string of the molecule is CCCOc1ccc(N2CC(Oc3ccc([C@H](C)CC(C)=O)cc3)C2)c(Cl)c1. The molecule has 1 aliphatic rings. The van der Waals surface area contributed by atoms with Gasteiger partial charge in [-0.25, -0.2) is 0 Å². The van der Waals surface area contributed by atoms with Crippen LogP contribution in [0, 0.1) is 0 Å². The number of nitrogens with zero attached hydrogens (tertiary/aromatic N) is 1. The van der Waals surface area contributed by atoms with Crippen molar-refractivity contribution in [2.24, 2.45) is 0 Å². The highest BCUT2D eigenvalue weighted by Gasteiger charge is 2.30. The van der Waals surface area contributed by atoms with Crippen molar-refractivity contribution in [2.45, 2.75) is 45.6 Å². The van der Waals surface area contributed by atoms with E-state index in [4.69, 9.17) is 21.1 Å². The van der Waals surface area contributed by atoms with Crippen LogP contribution < -0.4 is 14.4 Å². The summed E-state index contributed by atoms with van der Waals surface area (Å²) in [6, 6.07) is 13.9. The molecule has 1 heterocycles. The van der Waals surface area contributed by atoms with Gasteiger partial charge in [-0.3, -0.25) is 0 Å². The number of Topliss-reactive ketones (excluding diaryl/α,β-unsaturated/α-hetero) is 1. The van der Waals surface area contributed by atoms with E-state index < -0.39 is 0 Å². The summed E-state index contributed by atoms with van der Waals surface area (Å²) in [6.07, 6.45) is 1.69. The van der Waals surface area contributed by atoms with Crippen molar-refractivity contribution >= 4 is 23.1 Å². The van der Waals surface area contributed by atoms with E-state index in [0.717, 1.165) is 42.3 Å². The van der Waals surface area contributed by atoms with E-state index in [1.807, 2.05) is 42.5 Å². The molecule has 0 aliphatic carbocycles. The standard InChI is InChI=1S/C23H28ClNO3/c1-4-11-27-20-9-10-23(22(24)13-20)25-14-21(15-25)28-19-7-5-18(6-8-19)16(2)12-17(3)26/h5-10,13,16,21H,4,11-12,14-15H2,1-3H3/t16-/m1/s1. The second-order valence-corrected chi connectivity index (χ2v) is 7.89. The van der Waals surface area contributed by atoms with Crippen molar-refractivity contribution in [1.82, 2.24) is 0 Å². The van der Waals surface area contributed by atoms with Gasteiger partial charge in [-0.15, -0.1) is 0 Å².